The molecule has 0 saturated heterocycles. The zero-order valence-electron chi connectivity index (χ0n) is 29.1. The van der Waals surface area contributed by atoms with Gasteiger partial charge in [0.05, 0.1) is 36.0 Å². The topological polar surface area (TPSA) is 143 Å². The lowest BCUT2D eigenvalue weighted by Gasteiger charge is -2.21. The molecule has 2 N–H and O–H groups in total. The van der Waals surface area contributed by atoms with Crippen molar-refractivity contribution in [3.63, 3.8) is 0 Å². The number of carbonyl (C=O) groups is 1. The molecule has 0 spiro atoms. The first-order chi connectivity index (χ1) is 25.4. The van der Waals surface area contributed by atoms with Gasteiger partial charge in [-0.15, -0.1) is 0 Å². The van der Waals surface area contributed by atoms with E-state index < -0.39 is 0 Å². The number of nitrogens with zero attached hydrogens (tertiary/aromatic N) is 7. The van der Waals surface area contributed by atoms with Gasteiger partial charge in [0.15, 0.2) is 5.65 Å². The predicted octanol–water partition coefficient (Wildman–Crippen LogP) is 5.18. The number of carbonyl (C=O) groups excluding carboxylic acids is 1. The molecule has 0 fully saturated rings. The Balaban J connectivity index is 1.35. The van der Waals surface area contributed by atoms with E-state index in [2.05, 4.69) is 21.8 Å². The fourth-order valence-corrected chi connectivity index (χ4v) is 6.17. The van der Waals surface area contributed by atoms with Crippen LogP contribution in [0.4, 0.5) is 5.82 Å². The van der Waals surface area contributed by atoms with Crippen molar-refractivity contribution in [2.45, 2.75) is 32.4 Å². The van der Waals surface area contributed by atoms with Crippen LogP contribution in [-0.2, 0) is 27.4 Å². The van der Waals surface area contributed by atoms with Crippen LogP contribution in [0.15, 0.2) is 83.9 Å². The van der Waals surface area contributed by atoms with Crippen LogP contribution in [0.3, 0.4) is 0 Å². The van der Waals surface area contributed by atoms with Gasteiger partial charge in [-0.1, -0.05) is 78.0 Å². The second kappa shape index (κ2) is 17.1. The van der Waals surface area contributed by atoms with Crippen molar-refractivity contribution in [1.29, 1.82) is 0 Å². The van der Waals surface area contributed by atoms with Crippen LogP contribution < -0.4 is 11.3 Å². The summed E-state index contributed by atoms with van der Waals surface area (Å²) in [6.07, 6.45) is 2.79. The first-order valence-electron chi connectivity index (χ1n) is 16.9. The number of aromatic nitrogens is 6. The smallest absolute Gasteiger partial charge is 0.263 e. The average Bonchev–Trinajstić information content (AvgIpc) is 3.53. The summed E-state index contributed by atoms with van der Waals surface area (Å²) in [5.74, 6) is 7.13. The molecule has 52 heavy (non-hydrogen) atoms. The molecule has 6 rings (SSSR count). The molecular weight excluding hydrogens is 680 g/mol. The first-order valence-corrected chi connectivity index (χ1v) is 17.3. The van der Waals surface area contributed by atoms with E-state index in [1.54, 1.807) is 40.5 Å². The van der Waals surface area contributed by atoms with Crippen LogP contribution >= 0.6 is 11.6 Å². The molecule has 0 saturated carbocycles. The summed E-state index contributed by atoms with van der Waals surface area (Å²) < 4.78 is 13.6. The Morgan fingerprint density at radius 3 is 2.42 bits per heavy atom. The Hall–Kier alpha value is -5.61. The van der Waals surface area contributed by atoms with Gasteiger partial charge in [0, 0.05) is 56.3 Å². The third-order valence-corrected chi connectivity index (χ3v) is 9.01. The molecule has 1 amide bonds. The van der Waals surface area contributed by atoms with Gasteiger partial charge in [0.2, 0.25) is 5.91 Å². The van der Waals surface area contributed by atoms with Crippen molar-refractivity contribution >= 4 is 45.3 Å². The molecule has 0 aliphatic rings. The monoisotopic (exact) mass is 718 g/mol. The largest absolute Gasteiger partial charge is 0.383 e. The SMILES string of the molecule is COCCN(CCOC)C(=O)CCCC#Cc1cccc2nc(Cn3nc(-c4ccccc4)c4c(N)ncnc43)n(Cc3ccccc3Cl)c(=O)c12. The van der Waals surface area contributed by atoms with E-state index in [4.69, 9.17) is 36.9 Å². The summed E-state index contributed by atoms with van der Waals surface area (Å²) in [7, 11) is 3.22. The summed E-state index contributed by atoms with van der Waals surface area (Å²) in [5.41, 5.74) is 9.91. The normalized spacial score (nSPS) is 11.1. The number of fused-ring (bicyclic) bond motifs is 2. The molecule has 0 bridgehead atoms. The second-order valence-electron chi connectivity index (χ2n) is 12.1. The summed E-state index contributed by atoms with van der Waals surface area (Å²) in [4.78, 5) is 42.8. The van der Waals surface area contributed by atoms with E-state index in [0.717, 1.165) is 11.1 Å². The van der Waals surface area contributed by atoms with Gasteiger partial charge in [-0.3, -0.25) is 14.2 Å². The van der Waals surface area contributed by atoms with Crippen LogP contribution in [0, 0.1) is 11.8 Å². The molecule has 0 unspecified atom stereocenters. The number of nitrogen functional groups attached to an aromatic ring is 1. The van der Waals surface area contributed by atoms with Gasteiger partial charge < -0.3 is 20.1 Å². The van der Waals surface area contributed by atoms with Crippen LogP contribution in [0.2, 0.25) is 5.02 Å². The molecular formula is C39H39ClN8O4. The number of nitrogens with two attached hydrogens (primary N) is 1. The van der Waals surface area contributed by atoms with E-state index >= 15 is 0 Å². The van der Waals surface area contributed by atoms with Gasteiger partial charge in [0.1, 0.15) is 30.2 Å². The molecule has 13 heteroatoms. The maximum atomic E-state index is 14.5. The van der Waals surface area contributed by atoms with Crippen molar-refractivity contribution in [2.24, 2.45) is 0 Å². The highest BCUT2D eigenvalue weighted by Crippen LogP contribution is 2.30. The van der Waals surface area contributed by atoms with E-state index in [1.165, 1.54) is 6.33 Å². The minimum absolute atomic E-state index is 0.0234. The Morgan fingerprint density at radius 2 is 1.67 bits per heavy atom. The number of amides is 1. The van der Waals surface area contributed by atoms with Crippen molar-refractivity contribution in [1.82, 2.24) is 34.2 Å². The van der Waals surface area contributed by atoms with Gasteiger partial charge >= 0.3 is 0 Å². The zero-order valence-corrected chi connectivity index (χ0v) is 29.8. The predicted molar refractivity (Wildman–Crippen MR) is 202 cm³/mol. The number of halogens is 1. The maximum absolute atomic E-state index is 14.5. The minimum Gasteiger partial charge on any atom is -0.383 e. The summed E-state index contributed by atoms with van der Waals surface area (Å²) in [6.45, 7) is 2.20. The lowest BCUT2D eigenvalue weighted by atomic mass is 10.1. The lowest BCUT2D eigenvalue weighted by molar-refractivity contribution is -0.132. The third kappa shape index (κ3) is 8.13. The average molecular weight is 719 g/mol. The van der Waals surface area contributed by atoms with Crippen LogP contribution in [-0.4, -0.2) is 80.6 Å². The number of hydrogen-bond acceptors (Lipinski definition) is 9. The van der Waals surface area contributed by atoms with Gasteiger partial charge in [-0.2, -0.15) is 5.10 Å². The second-order valence-corrected chi connectivity index (χ2v) is 12.5. The number of rotatable bonds is 14. The van der Waals surface area contributed by atoms with E-state index in [0.29, 0.717) is 95.4 Å². The lowest BCUT2D eigenvalue weighted by Crippen LogP contribution is -2.36. The van der Waals surface area contributed by atoms with E-state index in [-0.39, 0.29) is 24.6 Å². The summed E-state index contributed by atoms with van der Waals surface area (Å²) in [6, 6.07) is 22.5. The third-order valence-electron chi connectivity index (χ3n) is 8.64. The highest BCUT2D eigenvalue weighted by Gasteiger charge is 2.21. The van der Waals surface area contributed by atoms with Gasteiger partial charge in [0.25, 0.3) is 5.56 Å². The number of ether oxygens (including phenoxy) is 2. The molecule has 0 aliphatic carbocycles. The highest BCUT2D eigenvalue weighted by molar-refractivity contribution is 6.31. The fourth-order valence-electron chi connectivity index (χ4n) is 5.98. The van der Waals surface area contributed by atoms with Crippen molar-refractivity contribution in [3.8, 4) is 23.1 Å². The number of hydrogen-bond donors (Lipinski definition) is 1. The molecule has 3 heterocycles. The summed E-state index contributed by atoms with van der Waals surface area (Å²) >= 11 is 6.60. The Morgan fingerprint density at radius 1 is 0.923 bits per heavy atom. The van der Waals surface area contributed by atoms with Gasteiger partial charge in [-0.25, -0.2) is 19.6 Å². The number of benzene rings is 3. The zero-order chi connectivity index (χ0) is 36.5. The fraction of sp³-hybridized carbons (Fsp3) is 0.282. The van der Waals surface area contributed by atoms with Crippen LogP contribution in [0.5, 0.6) is 0 Å². The number of methoxy groups -OCH3 is 2. The molecule has 6 aromatic rings. The quantitative estimate of drug-likeness (QED) is 0.119. The molecule has 0 radical (unpaired) electrons. The van der Waals surface area contributed by atoms with E-state index in [9.17, 15) is 9.59 Å². The molecule has 0 atom stereocenters. The van der Waals surface area contributed by atoms with Crippen LogP contribution in [0.1, 0.15) is 36.2 Å². The van der Waals surface area contributed by atoms with Crippen molar-refractivity contribution in [2.75, 3.05) is 46.3 Å². The molecule has 12 nitrogen and oxygen atoms in total. The molecule has 3 aromatic carbocycles. The highest BCUT2D eigenvalue weighted by atomic mass is 35.5. The number of unbranched alkanes of at least 4 members (excludes halogenated alkanes) is 1. The van der Waals surface area contributed by atoms with Gasteiger partial charge in [-0.05, 0) is 30.2 Å². The number of anilines is 1. The minimum atomic E-state index is -0.263. The molecule has 0 aliphatic heterocycles. The van der Waals surface area contributed by atoms with Crippen molar-refractivity contribution in [3.05, 3.63) is 111 Å². The first kappa shape index (κ1) is 36.2. The molecule has 3 aromatic heterocycles. The summed E-state index contributed by atoms with van der Waals surface area (Å²) in [5, 5.41) is 6.45. The Labute approximate surface area is 306 Å². The van der Waals surface area contributed by atoms with Crippen LogP contribution in [0.25, 0.3) is 33.2 Å². The molecule has 266 valence electrons. The maximum Gasteiger partial charge on any atom is 0.263 e. The van der Waals surface area contributed by atoms with Crippen molar-refractivity contribution < 1.29 is 14.3 Å². The Kier molecular flexibility index (Phi) is 11.9. The van der Waals surface area contributed by atoms with E-state index in [1.807, 2.05) is 60.7 Å². The Bertz CT molecular complexity index is 2310. The standard InChI is InChI=1S/C39H39ClN8O4/c1-51-22-20-46(21-23-52-2)33(49)19-8-4-5-12-27-16-11-18-31-34(27)39(50)47(24-29-15-9-10-17-30(29)40)32(44-31)25-48-38-35(37(41)42-26-43-38)36(45-48)28-13-6-3-7-14-28/h3,6-7,9-11,13-18,26H,4,8,19-25H2,1-2H3,(H2,41,42,43).